The number of nitrogens with zero attached hydrogens (tertiary/aromatic N) is 1. The molecule has 1 unspecified atom stereocenters. The number of hydrogen-bond acceptors (Lipinski definition) is 3. The van der Waals surface area contributed by atoms with E-state index in [9.17, 15) is 8.42 Å². The zero-order valence-electron chi connectivity index (χ0n) is 13.2. The number of nitrogens with one attached hydrogen (secondary N) is 1. The molecule has 118 valence electrons. The van der Waals surface area contributed by atoms with Crippen LogP contribution >= 0.6 is 0 Å². The minimum absolute atomic E-state index is 0.416. The van der Waals surface area contributed by atoms with Gasteiger partial charge in [0.1, 0.15) is 0 Å². The molecular weight excluding hydrogens is 284 g/mol. The van der Waals surface area contributed by atoms with Crippen molar-refractivity contribution in [3.05, 3.63) is 29.3 Å². The first-order valence-electron chi connectivity index (χ1n) is 7.73. The lowest BCUT2D eigenvalue weighted by Crippen LogP contribution is -2.41. The molecule has 1 saturated heterocycles. The fraction of sp³-hybridized carbons (Fsp3) is 0.625. The molecule has 0 amide bonds. The van der Waals surface area contributed by atoms with E-state index in [-0.39, 0.29) is 0 Å². The summed E-state index contributed by atoms with van der Waals surface area (Å²) in [6, 6.07) is 5.54. The number of rotatable bonds is 5. The van der Waals surface area contributed by atoms with Gasteiger partial charge >= 0.3 is 0 Å². The Balaban J connectivity index is 2.22. The van der Waals surface area contributed by atoms with Gasteiger partial charge in [-0.3, -0.25) is 0 Å². The Bertz CT molecular complexity index is 578. The van der Waals surface area contributed by atoms with Crippen molar-refractivity contribution in [2.75, 3.05) is 26.2 Å². The molecular formula is C16H26N2O2S. The summed E-state index contributed by atoms with van der Waals surface area (Å²) in [7, 11) is -3.39. The molecule has 2 rings (SSSR count). The molecule has 0 aromatic heterocycles. The van der Waals surface area contributed by atoms with E-state index in [1.165, 1.54) is 0 Å². The normalized spacial score (nSPS) is 19.9. The van der Waals surface area contributed by atoms with Crippen molar-refractivity contribution in [2.45, 2.75) is 38.5 Å². The van der Waals surface area contributed by atoms with Crippen molar-refractivity contribution in [2.24, 2.45) is 5.92 Å². The van der Waals surface area contributed by atoms with Crippen molar-refractivity contribution < 1.29 is 8.42 Å². The molecule has 0 spiro atoms. The molecule has 0 radical (unpaired) electrons. The highest BCUT2D eigenvalue weighted by Gasteiger charge is 2.27. The van der Waals surface area contributed by atoms with Crippen LogP contribution in [0, 0.1) is 19.8 Å². The molecule has 21 heavy (non-hydrogen) atoms. The van der Waals surface area contributed by atoms with Crippen LogP contribution in [0.2, 0.25) is 0 Å². The second-order valence-electron chi connectivity index (χ2n) is 5.94. The van der Waals surface area contributed by atoms with Crippen LogP contribution in [0.1, 0.15) is 30.9 Å². The molecule has 1 aromatic carbocycles. The predicted octanol–water partition coefficient (Wildman–Crippen LogP) is 2.31. The minimum atomic E-state index is -3.39. The van der Waals surface area contributed by atoms with Crippen molar-refractivity contribution in [3.63, 3.8) is 0 Å². The van der Waals surface area contributed by atoms with Gasteiger partial charge in [-0.15, -0.1) is 0 Å². The maximum absolute atomic E-state index is 12.9. The van der Waals surface area contributed by atoms with Crippen molar-refractivity contribution >= 4 is 10.0 Å². The van der Waals surface area contributed by atoms with Gasteiger partial charge in [0.2, 0.25) is 10.0 Å². The van der Waals surface area contributed by atoms with Gasteiger partial charge in [0.15, 0.2) is 0 Å². The molecule has 1 aromatic rings. The number of sulfonamides is 1. The lowest BCUT2D eigenvalue weighted by Gasteiger charge is -2.29. The Kier molecular flexibility index (Phi) is 5.41. The maximum atomic E-state index is 12.9. The smallest absolute Gasteiger partial charge is 0.243 e. The van der Waals surface area contributed by atoms with Gasteiger partial charge in [-0.2, -0.15) is 4.31 Å². The lowest BCUT2D eigenvalue weighted by atomic mass is 10.00. The molecule has 0 bridgehead atoms. The maximum Gasteiger partial charge on any atom is 0.243 e. The van der Waals surface area contributed by atoms with Gasteiger partial charge in [0.05, 0.1) is 4.90 Å². The van der Waals surface area contributed by atoms with E-state index >= 15 is 0 Å². The second-order valence-corrected chi connectivity index (χ2v) is 7.84. The number of hydrogen-bond donors (Lipinski definition) is 1. The summed E-state index contributed by atoms with van der Waals surface area (Å²) in [5.74, 6) is 0.416. The van der Waals surface area contributed by atoms with Crippen molar-refractivity contribution in [1.29, 1.82) is 0 Å². The fourth-order valence-electron chi connectivity index (χ4n) is 2.99. The van der Waals surface area contributed by atoms with Crippen LogP contribution in [0.4, 0.5) is 0 Å². The number of piperidine rings is 1. The van der Waals surface area contributed by atoms with E-state index < -0.39 is 10.0 Å². The number of aryl methyl sites for hydroxylation is 2. The Morgan fingerprint density at radius 3 is 2.67 bits per heavy atom. The molecule has 4 nitrogen and oxygen atoms in total. The summed E-state index contributed by atoms with van der Waals surface area (Å²) in [6.45, 7) is 8.86. The summed E-state index contributed by atoms with van der Waals surface area (Å²) < 4.78 is 27.4. The predicted molar refractivity (Wildman–Crippen MR) is 85.9 cm³/mol. The minimum Gasteiger partial charge on any atom is -0.316 e. The molecule has 1 heterocycles. The average Bonchev–Trinajstić information content (AvgIpc) is 2.45. The van der Waals surface area contributed by atoms with Crippen LogP contribution in [0.15, 0.2) is 23.1 Å². The Labute approximate surface area is 128 Å². The van der Waals surface area contributed by atoms with Gasteiger partial charge in [0.25, 0.3) is 0 Å². The Morgan fingerprint density at radius 1 is 1.33 bits per heavy atom. The highest BCUT2D eigenvalue weighted by Crippen LogP contribution is 2.23. The van der Waals surface area contributed by atoms with Gasteiger partial charge in [-0.1, -0.05) is 24.6 Å². The highest BCUT2D eigenvalue weighted by molar-refractivity contribution is 7.89. The fourth-order valence-corrected chi connectivity index (χ4v) is 4.72. The first kappa shape index (κ1) is 16.5. The van der Waals surface area contributed by atoms with Crippen LogP contribution in [-0.4, -0.2) is 38.9 Å². The van der Waals surface area contributed by atoms with E-state index in [0.29, 0.717) is 23.9 Å². The van der Waals surface area contributed by atoms with Crippen LogP contribution in [-0.2, 0) is 10.0 Å². The summed E-state index contributed by atoms with van der Waals surface area (Å²) in [6.07, 6.45) is 2.23. The number of benzene rings is 1. The zero-order chi connectivity index (χ0) is 15.5. The molecule has 1 fully saturated rings. The van der Waals surface area contributed by atoms with Gasteiger partial charge in [-0.05, 0) is 57.3 Å². The SMILES string of the molecule is CCN(CC1CCCNC1)S(=O)(=O)c1ccc(C)cc1C. The van der Waals surface area contributed by atoms with Gasteiger partial charge < -0.3 is 5.32 Å². The third kappa shape index (κ3) is 3.84. The third-order valence-electron chi connectivity index (χ3n) is 4.16. The van der Waals surface area contributed by atoms with E-state index in [1.807, 2.05) is 32.9 Å². The topological polar surface area (TPSA) is 49.4 Å². The van der Waals surface area contributed by atoms with E-state index in [0.717, 1.165) is 37.1 Å². The lowest BCUT2D eigenvalue weighted by molar-refractivity contribution is 0.297. The van der Waals surface area contributed by atoms with Gasteiger partial charge in [-0.25, -0.2) is 8.42 Å². The monoisotopic (exact) mass is 310 g/mol. The third-order valence-corrected chi connectivity index (χ3v) is 6.26. The molecule has 5 heteroatoms. The van der Waals surface area contributed by atoms with Crippen LogP contribution in [0.25, 0.3) is 0 Å². The van der Waals surface area contributed by atoms with Gasteiger partial charge in [0, 0.05) is 13.1 Å². The molecule has 1 aliphatic heterocycles. The molecule has 1 atom stereocenters. The summed E-state index contributed by atoms with van der Waals surface area (Å²) >= 11 is 0. The highest BCUT2D eigenvalue weighted by atomic mass is 32.2. The van der Waals surface area contributed by atoms with Crippen LogP contribution in [0.3, 0.4) is 0 Å². The van der Waals surface area contributed by atoms with E-state index in [4.69, 9.17) is 0 Å². The zero-order valence-corrected chi connectivity index (χ0v) is 14.0. The first-order chi connectivity index (χ1) is 9.95. The quantitative estimate of drug-likeness (QED) is 0.908. The van der Waals surface area contributed by atoms with E-state index in [1.54, 1.807) is 10.4 Å². The Hall–Kier alpha value is -0.910. The van der Waals surface area contributed by atoms with E-state index in [2.05, 4.69) is 5.32 Å². The summed E-state index contributed by atoms with van der Waals surface area (Å²) in [4.78, 5) is 0.443. The molecule has 0 aliphatic carbocycles. The second kappa shape index (κ2) is 6.90. The summed E-state index contributed by atoms with van der Waals surface area (Å²) in [5, 5.41) is 3.35. The summed E-state index contributed by atoms with van der Waals surface area (Å²) in [5.41, 5.74) is 1.92. The first-order valence-corrected chi connectivity index (χ1v) is 9.17. The Morgan fingerprint density at radius 2 is 2.10 bits per heavy atom. The molecule has 1 aliphatic rings. The van der Waals surface area contributed by atoms with Crippen molar-refractivity contribution in [1.82, 2.24) is 9.62 Å². The molecule has 0 saturated carbocycles. The van der Waals surface area contributed by atoms with Crippen LogP contribution in [0.5, 0.6) is 0 Å². The molecule has 1 N–H and O–H groups in total. The largest absolute Gasteiger partial charge is 0.316 e. The standard InChI is InChI=1S/C16H26N2O2S/c1-4-18(12-15-6-5-9-17-11-15)21(19,20)16-8-7-13(2)10-14(16)3/h7-8,10,15,17H,4-6,9,11-12H2,1-3H3. The average molecular weight is 310 g/mol. The van der Waals surface area contributed by atoms with Crippen molar-refractivity contribution in [3.8, 4) is 0 Å². The van der Waals surface area contributed by atoms with Crippen LogP contribution < -0.4 is 5.32 Å².